The predicted molar refractivity (Wildman–Crippen MR) is 50.6 cm³/mol. The van der Waals surface area contributed by atoms with Crippen molar-refractivity contribution in [1.82, 2.24) is 0 Å². The summed E-state index contributed by atoms with van der Waals surface area (Å²) < 4.78 is 0.403. The summed E-state index contributed by atoms with van der Waals surface area (Å²) in [6, 6.07) is 0.0951. The van der Waals surface area contributed by atoms with Gasteiger partial charge >= 0.3 is 0 Å². The Morgan fingerprint density at radius 3 is 2.82 bits per heavy atom. The lowest BCUT2D eigenvalue weighted by Gasteiger charge is -2.03. The largest absolute Gasteiger partial charge is 0.396 e. The lowest BCUT2D eigenvalue weighted by molar-refractivity contribution is 0.229. The molecule has 0 bridgehead atoms. The van der Waals surface area contributed by atoms with Gasteiger partial charge in [-0.25, -0.2) is 0 Å². The smallest absolute Gasteiger partial charge is 0.0495 e. The Balaban J connectivity index is 2.51. The normalized spacial score (nSPS) is 36.7. The number of rotatable bonds is 2. The van der Waals surface area contributed by atoms with Gasteiger partial charge in [-0.3, -0.25) is 0 Å². The van der Waals surface area contributed by atoms with Gasteiger partial charge in [-0.05, 0) is 24.3 Å². The van der Waals surface area contributed by atoms with Crippen LogP contribution in [0.15, 0.2) is 5.11 Å². The fraction of sp³-hybridized carbons (Fsp3) is 1.00. The first-order chi connectivity index (χ1) is 5.27. The van der Waals surface area contributed by atoms with Crippen molar-refractivity contribution in [2.75, 3.05) is 6.61 Å². The maximum absolute atomic E-state index is 8.83. The van der Waals surface area contributed by atoms with E-state index in [2.05, 4.69) is 32.6 Å². The molecule has 4 nitrogen and oxygen atoms in total. The highest BCUT2D eigenvalue weighted by Gasteiger charge is 2.30. The summed E-state index contributed by atoms with van der Waals surface area (Å²) >= 11 is 2.28. The van der Waals surface area contributed by atoms with Crippen molar-refractivity contribution >= 4 is 22.6 Å². The first-order valence-electron chi connectivity index (χ1n) is 3.57. The van der Waals surface area contributed by atoms with Crippen molar-refractivity contribution in [3.8, 4) is 0 Å². The monoisotopic (exact) mass is 267 g/mol. The molecule has 0 unspecified atom stereocenters. The third-order valence-corrected chi connectivity index (χ3v) is 3.35. The van der Waals surface area contributed by atoms with E-state index in [0.29, 0.717) is 9.84 Å². The summed E-state index contributed by atoms with van der Waals surface area (Å²) in [6.45, 7) is 0.219. The first-order valence-corrected chi connectivity index (χ1v) is 4.81. The number of halogens is 1. The van der Waals surface area contributed by atoms with Gasteiger partial charge in [0.15, 0.2) is 0 Å². The molecule has 1 aliphatic carbocycles. The van der Waals surface area contributed by atoms with Gasteiger partial charge in [-0.15, -0.1) is 0 Å². The van der Waals surface area contributed by atoms with Crippen molar-refractivity contribution in [1.29, 1.82) is 0 Å². The molecule has 0 radical (unpaired) electrons. The molecule has 1 aliphatic rings. The van der Waals surface area contributed by atoms with Crippen molar-refractivity contribution < 1.29 is 5.11 Å². The average molecular weight is 267 g/mol. The second-order valence-electron chi connectivity index (χ2n) is 2.81. The fourth-order valence-corrected chi connectivity index (χ4v) is 2.55. The molecule has 0 aromatic rings. The van der Waals surface area contributed by atoms with Crippen molar-refractivity contribution in [2.45, 2.75) is 22.8 Å². The molecule has 3 atom stereocenters. The first kappa shape index (κ1) is 9.09. The van der Waals surface area contributed by atoms with E-state index in [0.717, 1.165) is 12.8 Å². The van der Waals surface area contributed by atoms with Crippen LogP contribution in [0.4, 0.5) is 0 Å². The van der Waals surface area contributed by atoms with E-state index in [1.54, 1.807) is 0 Å². The quantitative estimate of drug-likeness (QED) is 0.268. The van der Waals surface area contributed by atoms with Crippen LogP contribution in [0.1, 0.15) is 12.8 Å². The number of hydrogen-bond donors (Lipinski definition) is 1. The molecule has 0 aromatic heterocycles. The van der Waals surface area contributed by atoms with Crippen LogP contribution in [0, 0.1) is 5.92 Å². The van der Waals surface area contributed by atoms with E-state index in [4.69, 9.17) is 10.6 Å². The number of hydrogen-bond acceptors (Lipinski definition) is 2. The third-order valence-electron chi connectivity index (χ3n) is 2.01. The maximum atomic E-state index is 8.83. The van der Waals surface area contributed by atoms with Crippen molar-refractivity contribution in [3.63, 3.8) is 0 Å². The predicted octanol–water partition coefficient (Wildman–Crippen LogP) is 1.87. The van der Waals surface area contributed by atoms with Gasteiger partial charge in [0, 0.05) is 21.5 Å². The minimum atomic E-state index is 0.0951. The van der Waals surface area contributed by atoms with E-state index in [1.807, 2.05) is 0 Å². The minimum Gasteiger partial charge on any atom is -0.396 e. The second kappa shape index (κ2) is 4.13. The van der Waals surface area contributed by atoms with Crippen LogP contribution in [-0.2, 0) is 0 Å². The summed E-state index contributed by atoms with van der Waals surface area (Å²) in [5, 5.41) is 12.5. The second-order valence-corrected chi connectivity index (χ2v) is 4.41. The Labute approximate surface area is 78.7 Å². The van der Waals surface area contributed by atoms with Gasteiger partial charge in [0.25, 0.3) is 0 Å². The zero-order valence-electron chi connectivity index (χ0n) is 6.02. The molecule has 0 amide bonds. The Kier molecular flexibility index (Phi) is 3.42. The molecule has 5 heteroatoms. The molecule has 62 valence electrons. The van der Waals surface area contributed by atoms with Crippen LogP contribution in [0.3, 0.4) is 0 Å². The average Bonchev–Trinajstić information content (AvgIpc) is 2.33. The molecule has 0 spiro atoms. The van der Waals surface area contributed by atoms with E-state index in [9.17, 15) is 0 Å². The van der Waals surface area contributed by atoms with Crippen LogP contribution in [0.5, 0.6) is 0 Å². The van der Waals surface area contributed by atoms with Gasteiger partial charge in [-0.1, -0.05) is 27.7 Å². The number of aliphatic hydroxyl groups is 1. The molecule has 1 N–H and O–H groups in total. The van der Waals surface area contributed by atoms with Crippen LogP contribution in [-0.4, -0.2) is 21.7 Å². The van der Waals surface area contributed by atoms with E-state index in [1.165, 1.54) is 0 Å². The van der Waals surface area contributed by atoms with Gasteiger partial charge < -0.3 is 5.11 Å². The SMILES string of the molecule is [N-]=[N+]=N[C@@H]1C[C@H](CO)C[C@H]1I. The van der Waals surface area contributed by atoms with Gasteiger partial charge in [0.05, 0.1) is 0 Å². The molecular formula is C6H10IN3O. The summed E-state index contributed by atoms with van der Waals surface area (Å²) in [5.74, 6) is 0.340. The highest BCUT2D eigenvalue weighted by molar-refractivity contribution is 14.1. The highest BCUT2D eigenvalue weighted by atomic mass is 127. The van der Waals surface area contributed by atoms with Crippen LogP contribution in [0.25, 0.3) is 10.4 Å². The van der Waals surface area contributed by atoms with E-state index in [-0.39, 0.29) is 12.6 Å². The number of nitrogens with zero attached hydrogens (tertiary/aromatic N) is 3. The Morgan fingerprint density at radius 2 is 2.36 bits per heavy atom. The van der Waals surface area contributed by atoms with Gasteiger partial charge in [-0.2, -0.15) is 0 Å². The Bertz CT molecular complexity index is 181. The molecule has 0 saturated heterocycles. The molecule has 1 rings (SSSR count). The summed E-state index contributed by atoms with van der Waals surface area (Å²) in [5.41, 5.74) is 8.20. The lowest BCUT2D eigenvalue weighted by atomic mass is 10.1. The zero-order valence-corrected chi connectivity index (χ0v) is 8.18. The molecular weight excluding hydrogens is 257 g/mol. The zero-order chi connectivity index (χ0) is 8.27. The standard InChI is InChI=1S/C6H10IN3O/c7-5-1-4(3-11)2-6(5)9-10-8/h4-6,11H,1-3H2/t4-,5-,6-/m1/s1. The Morgan fingerprint density at radius 1 is 1.64 bits per heavy atom. The molecule has 0 aromatic carbocycles. The molecule has 1 fully saturated rings. The van der Waals surface area contributed by atoms with E-state index >= 15 is 0 Å². The van der Waals surface area contributed by atoms with Crippen molar-refractivity contribution in [2.24, 2.45) is 11.0 Å². The lowest BCUT2D eigenvalue weighted by Crippen LogP contribution is -2.08. The third kappa shape index (κ3) is 2.21. The van der Waals surface area contributed by atoms with E-state index < -0.39 is 0 Å². The van der Waals surface area contributed by atoms with Crippen LogP contribution < -0.4 is 0 Å². The number of alkyl halides is 1. The van der Waals surface area contributed by atoms with Gasteiger partial charge in [0.1, 0.15) is 0 Å². The van der Waals surface area contributed by atoms with Gasteiger partial charge in [0.2, 0.25) is 0 Å². The summed E-state index contributed by atoms with van der Waals surface area (Å²) in [7, 11) is 0. The maximum Gasteiger partial charge on any atom is 0.0495 e. The summed E-state index contributed by atoms with van der Waals surface area (Å²) in [4.78, 5) is 2.78. The van der Waals surface area contributed by atoms with Crippen LogP contribution >= 0.6 is 22.6 Å². The highest BCUT2D eigenvalue weighted by Crippen LogP contribution is 2.33. The molecule has 1 saturated carbocycles. The Hall–Kier alpha value is 0. The minimum absolute atomic E-state index is 0.0951. The van der Waals surface area contributed by atoms with Crippen LogP contribution in [0.2, 0.25) is 0 Å². The van der Waals surface area contributed by atoms with Crippen molar-refractivity contribution in [3.05, 3.63) is 10.4 Å². The topological polar surface area (TPSA) is 69.0 Å². The molecule has 0 aliphatic heterocycles. The fourth-order valence-electron chi connectivity index (χ4n) is 1.40. The summed E-state index contributed by atoms with van der Waals surface area (Å²) in [6.07, 6.45) is 1.81. The molecule has 0 heterocycles. The number of aliphatic hydroxyl groups excluding tert-OH is 1. The number of azide groups is 1. The molecule has 11 heavy (non-hydrogen) atoms.